The Hall–Kier alpha value is -0.740. The van der Waals surface area contributed by atoms with Crippen molar-refractivity contribution in [1.82, 2.24) is 0 Å². The van der Waals surface area contributed by atoms with Crippen LogP contribution in [0.15, 0.2) is 0 Å². The fourth-order valence-electron chi connectivity index (χ4n) is 3.81. The molecule has 0 aromatic heterocycles. The lowest BCUT2D eigenvalue weighted by atomic mass is 9.83. The van der Waals surface area contributed by atoms with E-state index in [1.807, 2.05) is 0 Å². The van der Waals surface area contributed by atoms with Gasteiger partial charge in [-0.1, -0.05) is 12.8 Å². The zero-order valence-electron chi connectivity index (χ0n) is 14.4. The molecule has 1 saturated carbocycles. The Morgan fingerprint density at radius 1 is 1.09 bits per heavy atom. The molecule has 1 saturated heterocycles. The molecule has 0 N–H and O–H groups in total. The fraction of sp³-hybridized carbons (Fsp3) is 0.895. The van der Waals surface area contributed by atoms with Gasteiger partial charge < -0.3 is 14.3 Å². The zero-order chi connectivity index (χ0) is 16.4. The van der Waals surface area contributed by atoms with E-state index >= 15 is 0 Å². The van der Waals surface area contributed by atoms with Crippen molar-refractivity contribution in [2.75, 3.05) is 6.61 Å². The molecule has 0 aromatic carbocycles. The van der Waals surface area contributed by atoms with Gasteiger partial charge in [-0.25, -0.2) is 0 Å². The minimum absolute atomic E-state index is 0.0791. The summed E-state index contributed by atoms with van der Waals surface area (Å²) in [6.45, 7) is 0.795. The van der Waals surface area contributed by atoms with Crippen LogP contribution in [0.5, 0.6) is 0 Å². The van der Waals surface area contributed by atoms with Crippen molar-refractivity contribution in [3.05, 3.63) is 0 Å². The Labute approximate surface area is 140 Å². The summed E-state index contributed by atoms with van der Waals surface area (Å²) >= 11 is 0. The van der Waals surface area contributed by atoms with Crippen molar-refractivity contribution in [3.8, 4) is 0 Å². The number of ketones is 1. The van der Waals surface area contributed by atoms with Crippen molar-refractivity contribution in [3.63, 3.8) is 0 Å². The molecular formula is C19H32O4. The second-order valence-electron chi connectivity index (χ2n) is 7.11. The number of Topliss-reactive ketones (excluding diaryl/α,β-unsaturated/α-hetero) is 1. The predicted octanol–water partition coefficient (Wildman–Crippen LogP) is 4.34. The van der Waals surface area contributed by atoms with Crippen LogP contribution in [0.1, 0.15) is 89.9 Å². The summed E-state index contributed by atoms with van der Waals surface area (Å²) in [6.07, 6.45) is 14.0. The monoisotopic (exact) mass is 324 g/mol. The Morgan fingerprint density at radius 2 is 1.83 bits per heavy atom. The largest absolute Gasteiger partial charge is 0.353 e. The molecule has 0 radical (unpaired) electrons. The van der Waals surface area contributed by atoms with Gasteiger partial charge in [-0.05, 0) is 57.8 Å². The van der Waals surface area contributed by atoms with Gasteiger partial charge in [-0.3, -0.25) is 4.79 Å². The first kappa shape index (κ1) is 18.6. The molecule has 2 aliphatic rings. The van der Waals surface area contributed by atoms with Crippen LogP contribution >= 0.6 is 0 Å². The van der Waals surface area contributed by atoms with Crippen LogP contribution in [0.2, 0.25) is 0 Å². The van der Waals surface area contributed by atoms with Crippen molar-refractivity contribution in [1.29, 1.82) is 0 Å². The number of hydrogen-bond donors (Lipinski definition) is 0. The molecule has 0 amide bonds. The summed E-state index contributed by atoms with van der Waals surface area (Å²) in [6, 6.07) is 0. The van der Waals surface area contributed by atoms with E-state index in [2.05, 4.69) is 0 Å². The first-order chi connectivity index (χ1) is 11.2. The number of aldehydes is 1. The van der Waals surface area contributed by atoms with Crippen LogP contribution in [0.3, 0.4) is 0 Å². The Morgan fingerprint density at radius 3 is 2.43 bits per heavy atom. The molecule has 1 unspecified atom stereocenters. The molecule has 0 bridgehead atoms. The van der Waals surface area contributed by atoms with E-state index in [4.69, 9.17) is 9.47 Å². The summed E-state index contributed by atoms with van der Waals surface area (Å²) in [5.74, 6) is 0.412. The number of rotatable bonds is 6. The lowest BCUT2D eigenvalue weighted by Crippen LogP contribution is -2.39. The highest BCUT2D eigenvalue weighted by molar-refractivity contribution is 5.78. The SMILES string of the molecule is O=CCCCC1(OC2CCCCO2)CCCCC(=O)CCCC1. The number of hydrogen-bond acceptors (Lipinski definition) is 4. The Bertz CT molecular complexity index is 346. The molecule has 1 aliphatic carbocycles. The van der Waals surface area contributed by atoms with E-state index in [1.165, 1.54) is 6.42 Å². The first-order valence-corrected chi connectivity index (χ1v) is 9.49. The van der Waals surface area contributed by atoms with Crippen LogP contribution in [0, 0.1) is 0 Å². The van der Waals surface area contributed by atoms with Gasteiger partial charge in [0.2, 0.25) is 0 Å². The highest BCUT2D eigenvalue weighted by Crippen LogP contribution is 2.35. The molecule has 1 aliphatic heterocycles. The van der Waals surface area contributed by atoms with E-state index in [0.717, 1.165) is 77.1 Å². The van der Waals surface area contributed by atoms with Gasteiger partial charge in [0.15, 0.2) is 6.29 Å². The van der Waals surface area contributed by atoms with Gasteiger partial charge in [0.1, 0.15) is 12.1 Å². The summed E-state index contributed by atoms with van der Waals surface area (Å²) < 4.78 is 12.3. The van der Waals surface area contributed by atoms with Crippen molar-refractivity contribution in [2.45, 2.75) is 102 Å². The van der Waals surface area contributed by atoms with E-state index in [1.54, 1.807) is 0 Å². The molecule has 4 nitrogen and oxygen atoms in total. The second kappa shape index (κ2) is 10.2. The number of carbonyl (C=O) groups excluding carboxylic acids is 2. The maximum absolute atomic E-state index is 11.7. The summed E-state index contributed by atoms with van der Waals surface area (Å²) in [5, 5.41) is 0. The van der Waals surface area contributed by atoms with Gasteiger partial charge in [0.05, 0.1) is 5.60 Å². The summed E-state index contributed by atoms with van der Waals surface area (Å²) in [4.78, 5) is 22.4. The van der Waals surface area contributed by atoms with Gasteiger partial charge in [-0.15, -0.1) is 0 Å². The molecule has 23 heavy (non-hydrogen) atoms. The van der Waals surface area contributed by atoms with E-state index in [9.17, 15) is 9.59 Å². The molecule has 0 spiro atoms. The third-order valence-electron chi connectivity index (χ3n) is 5.15. The zero-order valence-corrected chi connectivity index (χ0v) is 14.4. The van der Waals surface area contributed by atoms with Crippen LogP contribution < -0.4 is 0 Å². The molecule has 132 valence electrons. The van der Waals surface area contributed by atoms with Gasteiger partial charge in [0, 0.05) is 25.9 Å². The lowest BCUT2D eigenvalue weighted by molar-refractivity contribution is -0.232. The molecule has 4 heteroatoms. The topological polar surface area (TPSA) is 52.6 Å². The molecule has 1 atom stereocenters. The smallest absolute Gasteiger partial charge is 0.158 e. The third kappa shape index (κ3) is 6.72. The highest BCUT2D eigenvalue weighted by atomic mass is 16.7. The minimum Gasteiger partial charge on any atom is -0.353 e. The standard InChI is InChI=1S/C19H32O4/c20-15-7-6-14-19(23-18-11-3-8-16-22-18)12-4-1-9-17(21)10-2-5-13-19/h15,18H,1-14,16H2. The first-order valence-electron chi connectivity index (χ1n) is 9.49. The van der Waals surface area contributed by atoms with Crippen molar-refractivity contribution < 1.29 is 19.1 Å². The molecular weight excluding hydrogens is 292 g/mol. The maximum atomic E-state index is 11.7. The Kier molecular flexibility index (Phi) is 8.24. The van der Waals surface area contributed by atoms with Crippen molar-refractivity contribution >= 4 is 12.1 Å². The van der Waals surface area contributed by atoms with Crippen LogP contribution in [-0.2, 0) is 19.1 Å². The number of ether oxygens (including phenoxy) is 2. The van der Waals surface area contributed by atoms with Crippen molar-refractivity contribution in [2.24, 2.45) is 0 Å². The van der Waals surface area contributed by atoms with Crippen LogP contribution in [0.4, 0.5) is 0 Å². The normalized spacial score (nSPS) is 26.6. The molecule has 1 heterocycles. The average Bonchev–Trinajstić information content (AvgIpc) is 2.57. The van der Waals surface area contributed by atoms with E-state index in [-0.39, 0.29) is 11.9 Å². The minimum atomic E-state index is -0.161. The fourth-order valence-corrected chi connectivity index (χ4v) is 3.81. The Balaban J connectivity index is 1.98. The lowest BCUT2D eigenvalue weighted by Gasteiger charge is -2.39. The molecule has 0 aromatic rings. The summed E-state index contributed by atoms with van der Waals surface area (Å²) in [5.41, 5.74) is -0.161. The number of carbonyl (C=O) groups is 2. The van der Waals surface area contributed by atoms with Gasteiger partial charge in [0.25, 0.3) is 0 Å². The maximum Gasteiger partial charge on any atom is 0.158 e. The van der Waals surface area contributed by atoms with Crippen LogP contribution in [-0.4, -0.2) is 30.6 Å². The molecule has 2 rings (SSSR count). The van der Waals surface area contributed by atoms with E-state index < -0.39 is 0 Å². The van der Waals surface area contributed by atoms with Gasteiger partial charge >= 0.3 is 0 Å². The quantitative estimate of drug-likeness (QED) is 0.538. The number of unbranched alkanes of at least 4 members (excludes halogenated alkanes) is 1. The van der Waals surface area contributed by atoms with Crippen LogP contribution in [0.25, 0.3) is 0 Å². The summed E-state index contributed by atoms with van der Waals surface area (Å²) in [7, 11) is 0. The highest BCUT2D eigenvalue weighted by Gasteiger charge is 2.34. The molecule has 2 fully saturated rings. The third-order valence-corrected chi connectivity index (χ3v) is 5.15. The van der Waals surface area contributed by atoms with E-state index in [0.29, 0.717) is 25.0 Å². The van der Waals surface area contributed by atoms with Gasteiger partial charge in [-0.2, -0.15) is 0 Å². The average molecular weight is 324 g/mol. The predicted molar refractivity (Wildman–Crippen MR) is 89.3 cm³/mol. The second-order valence-corrected chi connectivity index (χ2v) is 7.11.